The topological polar surface area (TPSA) is 78.9 Å². The summed E-state index contributed by atoms with van der Waals surface area (Å²) in [6.07, 6.45) is 97.9. The van der Waals surface area contributed by atoms with Crippen molar-refractivity contribution in [1.29, 1.82) is 0 Å². The molecule has 0 bridgehead atoms. The Hall–Kier alpha value is -4.19. The summed E-state index contributed by atoms with van der Waals surface area (Å²) in [5.41, 5.74) is 0. The van der Waals surface area contributed by atoms with Crippen molar-refractivity contribution >= 4 is 17.9 Å². The summed E-state index contributed by atoms with van der Waals surface area (Å²) in [5, 5.41) is 0. The molecule has 0 fully saturated rings. The van der Waals surface area contributed by atoms with Crippen LogP contribution >= 0.6 is 0 Å². The van der Waals surface area contributed by atoms with Crippen LogP contribution in [0.2, 0.25) is 0 Å². The van der Waals surface area contributed by atoms with Crippen LogP contribution in [-0.2, 0) is 28.6 Å². The number of hydrogen-bond donors (Lipinski definition) is 0. The molecule has 1 atom stereocenters. The number of rotatable bonds is 63. The summed E-state index contributed by atoms with van der Waals surface area (Å²) in [4.78, 5) is 38.4. The van der Waals surface area contributed by atoms with Gasteiger partial charge in [0.1, 0.15) is 13.2 Å². The number of carbonyl (C=O) groups excluding carboxylic acids is 3. The summed E-state index contributed by atoms with van der Waals surface area (Å²) in [7, 11) is 0. The highest BCUT2D eigenvalue weighted by Gasteiger charge is 2.19. The fraction of sp³-hybridized carbons (Fsp3) is 0.701. The summed E-state index contributed by atoms with van der Waals surface area (Å²) in [6.45, 7) is 6.49. The molecular formula is C77H130O6. The average Bonchev–Trinajstić information content (AvgIpc) is 3.48. The predicted molar refractivity (Wildman–Crippen MR) is 362 cm³/mol. The van der Waals surface area contributed by atoms with Gasteiger partial charge in [0.05, 0.1) is 0 Å². The molecule has 0 aliphatic rings. The van der Waals surface area contributed by atoms with Crippen LogP contribution in [0.25, 0.3) is 0 Å². The molecular weight excluding hydrogens is 1020 g/mol. The lowest BCUT2D eigenvalue weighted by atomic mass is 10.0. The number of carbonyl (C=O) groups is 3. The zero-order valence-electron chi connectivity index (χ0n) is 54.4. The van der Waals surface area contributed by atoms with Crippen molar-refractivity contribution < 1.29 is 28.6 Å². The van der Waals surface area contributed by atoms with Gasteiger partial charge >= 0.3 is 17.9 Å². The van der Waals surface area contributed by atoms with Crippen LogP contribution in [0.1, 0.15) is 329 Å². The normalized spacial score (nSPS) is 12.9. The standard InChI is InChI=1S/C77H130O6/c1-4-7-10-13-16-19-22-24-26-28-30-32-34-36-37-38-39-41-42-44-46-48-50-52-55-58-61-64-67-70-76(79)82-73-74(72-81-75(78)69-66-63-60-57-54-21-18-15-12-9-6-3)83-77(80)71-68-65-62-59-56-53-51-49-47-45-43-40-35-33-31-29-27-25-23-20-17-14-11-8-5-2/h7,10,15-16,18-19,23-26,29-32,35-37,39-41,74H,4-6,8-9,11-14,17,20-22,27-28,33-34,38,42-73H2,1-3H3/b10-7-,18-15-,19-16-,25-23-,26-24-,31-29-,32-30-,37-36-,40-35-,41-39-. The smallest absolute Gasteiger partial charge is 0.306 e. The van der Waals surface area contributed by atoms with Crippen LogP contribution in [0.4, 0.5) is 0 Å². The number of ether oxygens (including phenoxy) is 3. The van der Waals surface area contributed by atoms with E-state index in [1.165, 1.54) is 173 Å². The number of allylic oxidation sites excluding steroid dienone is 20. The van der Waals surface area contributed by atoms with Gasteiger partial charge in [0, 0.05) is 19.3 Å². The summed E-state index contributed by atoms with van der Waals surface area (Å²) < 4.78 is 16.9. The zero-order valence-corrected chi connectivity index (χ0v) is 54.4. The Labute approximate surface area is 513 Å². The summed E-state index contributed by atoms with van der Waals surface area (Å²) in [6, 6.07) is 0. The van der Waals surface area contributed by atoms with Gasteiger partial charge in [-0.2, -0.15) is 0 Å². The largest absolute Gasteiger partial charge is 0.462 e. The van der Waals surface area contributed by atoms with Gasteiger partial charge in [-0.15, -0.1) is 0 Å². The van der Waals surface area contributed by atoms with Gasteiger partial charge in [-0.1, -0.05) is 303 Å². The third-order valence-corrected chi connectivity index (χ3v) is 14.9. The Morgan fingerprint density at radius 2 is 0.482 bits per heavy atom. The maximum absolute atomic E-state index is 12.9. The Morgan fingerprint density at radius 3 is 0.783 bits per heavy atom. The van der Waals surface area contributed by atoms with E-state index in [2.05, 4.69) is 142 Å². The first kappa shape index (κ1) is 78.8. The molecule has 0 aromatic heterocycles. The van der Waals surface area contributed by atoms with Crippen LogP contribution in [-0.4, -0.2) is 37.2 Å². The molecule has 0 spiro atoms. The third-order valence-electron chi connectivity index (χ3n) is 14.9. The Morgan fingerprint density at radius 1 is 0.253 bits per heavy atom. The summed E-state index contributed by atoms with van der Waals surface area (Å²) in [5.74, 6) is -0.894. The maximum Gasteiger partial charge on any atom is 0.306 e. The Bertz CT molecular complexity index is 1700. The summed E-state index contributed by atoms with van der Waals surface area (Å²) >= 11 is 0. The Kier molecular flexibility index (Phi) is 66.7. The predicted octanol–water partition coefficient (Wildman–Crippen LogP) is 24.3. The maximum atomic E-state index is 12.9. The number of esters is 3. The molecule has 0 aromatic carbocycles. The Balaban J connectivity index is 4.27. The van der Waals surface area contributed by atoms with Crippen molar-refractivity contribution in [3.63, 3.8) is 0 Å². The molecule has 0 saturated carbocycles. The first-order chi connectivity index (χ1) is 41.0. The molecule has 0 aliphatic carbocycles. The first-order valence-electron chi connectivity index (χ1n) is 35.0. The number of unbranched alkanes of at least 4 members (excludes halogenated alkanes) is 32. The van der Waals surface area contributed by atoms with Crippen molar-refractivity contribution in [2.24, 2.45) is 0 Å². The molecule has 0 amide bonds. The fourth-order valence-electron chi connectivity index (χ4n) is 9.67. The highest BCUT2D eigenvalue weighted by atomic mass is 16.6. The lowest BCUT2D eigenvalue weighted by Crippen LogP contribution is -2.30. The van der Waals surface area contributed by atoms with E-state index in [0.717, 1.165) is 116 Å². The second kappa shape index (κ2) is 70.3. The second-order valence-corrected chi connectivity index (χ2v) is 23.1. The van der Waals surface area contributed by atoms with E-state index in [1.54, 1.807) is 0 Å². The van der Waals surface area contributed by atoms with Gasteiger partial charge in [-0.25, -0.2) is 0 Å². The van der Waals surface area contributed by atoms with E-state index in [4.69, 9.17) is 14.2 Å². The quantitative estimate of drug-likeness (QED) is 0.0261. The van der Waals surface area contributed by atoms with E-state index >= 15 is 0 Å². The molecule has 6 nitrogen and oxygen atoms in total. The minimum absolute atomic E-state index is 0.0852. The lowest BCUT2D eigenvalue weighted by molar-refractivity contribution is -0.167. The van der Waals surface area contributed by atoms with Crippen LogP contribution in [0.5, 0.6) is 0 Å². The molecule has 6 heteroatoms. The van der Waals surface area contributed by atoms with Crippen molar-refractivity contribution in [3.05, 3.63) is 122 Å². The van der Waals surface area contributed by atoms with E-state index in [-0.39, 0.29) is 31.1 Å². The van der Waals surface area contributed by atoms with Gasteiger partial charge in [0.15, 0.2) is 6.10 Å². The molecule has 0 heterocycles. The monoisotopic (exact) mass is 1150 g/mol. The molecule has 83 heavy (non-hydrogen) atoms. The third kappa shape index (κ3) is 68.5. The van der Waals surface area contributed by atoms with Crippen molar-refractivity contribution in [3.8, 4) is 0 Å². The minimum Gasteiger partial charge on any atom is -0.462 e. The van der Waals surface area contributed by atoms with E-state index < -0.39 is 6.10 Å². The van der Waals surface area contributed by atoms with E-state index in [0.29, 0.717) is 19.3 Å². The van der Waals surface area contributed by atoms with Crippen molar-refractivity contribution in [2.75, 3.05) is 13.2 Å². The average molecular weight is 1150 g/mol. The van der Waals surface area contributed by atoms with Gasteiger partial charge in [0.2, 0.25) is 0 Å². The molecule has 474 valence electrons. The zero-order chi connectivity index (χ0) is 59.9. The number of hydrogen-bond acceptors (Lipinski definition) is 6. The lowest BCUT2D eigenvalue weighted by Gasteiger charge is -2.18. The van der Waals surface area contributed by atoms with Gasteiger partial charge in [-0.05, 0) is 128 Å². The van der Waals surface area contributed by atoms with Gasteiger partial charge in [0.25, 0.3) is 0 Å². The first-order valence-corrected chi connectivity index (χ1v) is 35.0. The molecule has 0 aliphatic heterocycles. The van der Waals surface area contributed by atoms with Crippen molar-refractivity contribution in [1.82, 2.24) is 0 Å². The molecule has 0 aromatic rings. The van der Waals surface area contributed by atoms with E-state index in [1.807, 2.05) is 0 Å². The fourth-order valence-corrected chi connectivity index (χ4v) is 9.67. The van der Waals surface area contributed by atoms with Gasteiger partial charge < -0.3 is 14.2 Å². The van der Waals surface area contributed by atoms with E-state index in [9.17, 15) is 14.4 Å². The molecule has 0 rings (SSSR count). The van der Waals surface area contributed by atoms with Crippen molar-refractivity contribution in [2.45, 2.75) is 335 Å². The van der Waals surface area contributed by atoms with Crippen LogP contribution in [0.15, 0.2) is 122 Å². The van der Waals surface area contributed by atoms with Crippen LogP contribution in [0, 0.1) is 0 Å². The SMILES string of the molecule is CC/C=C\C/C=C\C/C=C\C/C=C\C/C=C\C/C=C\CCCCCCCCCCCCC(=O)OCC(COC(=O)CCCCCCC/C=C\CCCC)OC(=O)CCCCCCCCCCCC/C=C\C/C=C\C/C=C\CCCCCCC. The molecule has 0 radical (unpaired) electrons. The van der Waals surface area contributed by atoms with Crippen LogP contribution < -0.4 is 0 Å². The minimum atomic E-state index is -0.789. The molecule has 1 unspecified atom stereocenters. The highest BCUT2D eigenvalue weighted by Crippen LogP contribution is 2.16. The van der Waals surface area contributed by atoms with Crippen LogP contribution in [0.3, 0.4) is 0 Å². The van der Waals surface area contributed by atoms with Gasteiger partial charge in [-0.3, -0.25) is 14.4 Å². The molecule has 0 N–H and O–H groups in total. The second-order valence-electron chi connectivity index (χ2n) is 23.1. The highest BCUT2D eigenvalue weighted by molar-refractivity contribution is 5.71. The molecule has 0 saturated heterocycles.